The van der Waals surface area contributed by atoms with Crippen LogP contribution in [-0.4, -0.2) is 5.91 Å². The van der Waals surface area contributed by atoms with Gasteiger partial charge in [-0.05, 0) is 29.7 Å². The van der Waals surface area contributed by atoms with E-state index in [9.17, 15) is 9.18 Å². The van der Waals surface area contributed by atoms with Crippen LogP contribution >= 0.6 is 0 Å². The summed E-state index contributed by atoms with van der Waals surface area (Å²) in [5.74, 6) is -0.842. The van der Waals surface area contributed by atoms with Crippen molar-refractivity contribution in [2.75, 3.05) is 0 Å². The van der Waals surface area contributed by atoms with Crippen molar-refractivity contribution in [1.82, 2.24) is 5.32 Å². The Morgan fingerprint density at radius 2 is 1.60 bits per heavy atom. The molecule has 0 fully saturated rings. The van der Waals surface area contributed by atoms with Gasteiger partial charge in [0.25, 0.3) is 0 Å². The van der Waals surface area contributed by atoms with Crippen LogP contribution in [0.4, 0.5) is 4.39 Å². The molecule has 0 radical (unpaired) electrons. The van der Waals surface area contributed by atoms with Crippen LogP contribution in [-0.2, 0) is 11.3 Å². The molecule has 126 valence electrons. The zero-order valence-electron chi connectivity index (χ0n) is 14.1. The van der Waals surface area contributed by atoms with E-state index in [0.29, 0.717) is 17.7 Å². The van der Waals surface area contributed by atoms with E-state index in [0.717, 1.165) is 11.1 Å². The minimum Gasteiger partial charge on any atom is -0.352 e. The second kappa shape index (κ2) is 7.75. The SMILES string of the molecule is C[C@@H](C(=O)NCc1ccccc1)c1ccc(-c2ccccc2)c(F)c1. The second-order valence-electron chi connectivity index (χ2n) is 6.03. The fraction of sp³-hybridized carbons (Fsp3) is 0.136. The summed E-state index contributed by atoms with van der Waals surface area (Å²) in [4.78, 5) is 12.3. The fourth-order valence-electron chi connectivity index (χ4n) is 2.74. The molecule has 0 saturated carbocycles. The minimum atomic E-state index is -0.414. The van der Waals surface area contributed by atoms with Gasteiger partial charge in [0.15, 0.2) is 0 Å². The zero-order chi connectivity index (χ0) is 17.6. The molecule has 3 rings (SSSR count). The van der Waals surface area contributed by atoms with Crippen molar-refractivity contribution in [3.05, 3.63) is 95.8 Å². The van der Waals surface area contributed by atoms with Crippen LogP contribution in [0.2, 0.25) is 0 Å². The lowest BCUT2D eigenvalue weighted by molar-refractivity contribution is -0.122. The van der Waals surface area contributed by atoms with E-state index >= 15 is 0 Å². The average Bonchev–Trinajstić information content (AvgIpc) is 2.67. The number of nitrogens with one attached hydrogen (secondary N) is 1. The molecular weight excluding hydrogens is 313 g/mol. The zero-order valence-corrected chi connectivity index (χ0v) is 14.1. The number of hydrogen-bond acceptors (Lipinski definition) is 1. The quantitative estimate of drug-likeness (QED) is 0.706. The van der Waals surface area contributed by atoms with Crippen molar-refractivity contribution in [2.45, 2.75) is 19.4 Å². The number of carbonyl (C=O) groups excluding carboxylic acids is 1. The fourth-order valence-corrected chi connectivity index (χ4v) is 2.74. The third kappa shape index (κ3) is 4.13. The Morgan fingerprint density at radius 1 is 0.960 bits per heavy atom. The van der Waals surface area contributed by atoms with Gasteiger partial charge in [-0.3, -0.25) is 4.79 Å². The highest BCUT2D eigenvalue weighted by Gasteiger charge is 2.17. The highest BCUT2D eigenvalue weighted by molar-refractivity contribution is 5.83. The molecule has 0 aliphatic heterocycles. The molecule has 3 heteroatoms. The van der Waals surface area contributed by atoms with Crippen LogP contribution in [0.3, 0.4) is 0 Å². The molecule has 0 spiro atoms. The molecule has 3 aromatic rings. The molecular formula is C22H20FNO. The molecule has 0 unspecified atom stereocenters. The van der Waals surface area contributed by atoms with Crippen molar-refractivity contribution >= 4 is 5.91 Å². The smallest absolute Gasteiger partial charge is 0.227 e. The van der Waals surface area contributed by atoms with E-state index in [1.165, 1.54) is 6.07 Å². The summed E-state index contributed by atoms with van der Waals surface area (Å²) < 4.78 is 14.5. The Hall–Kier alpha value is -2.94. The van der Waals surface area contributed by atoms with E-state index in [-0.39, 0.29) is 11.7 Å². The first kappa shape index (κ1) is 16.9. The maximum Gasteiger partial charge on any atom is 0.227 e. The lowest BCUT2D eigenvalue weighted by atomic mass is 9.96. The molecule has 25 heavy (non-hydrogen) atoms. The third-order valence-corrected chi connectivity index (χ3v) is 4.28. The van der Waals surface area contributed by atoms with Crippen LogP contribution in [0.25, 0.3) is 11.1 Å². The van der Waals surface area contributed by atoms with Gasteiger partial charge in [0.1, 0.15) is 5.82 Å². The molecule has 2 nitrogen and oxygen atoms in total. The van der Waals surface area contributed by atoms with Crippen LogP contribution in [0.1, 0.15) is 24.0 Å². The summed E-state index contributed by atoms with van der Waals surface area (Å²) in [6.45, 7) is 2.26. The van der Waals surface area contributed by atoms with Crippen LogP contribution in [0.15, 0.2) is 78.9 Å². The van der Waals surface area contributed by atoms with Crippen molar-refractivity contribution in [3.63, 3.8) is 0 Å². The summed E-state index contributed by atoms with van der Waals surface area (Å²) >= 11 is 0. The first-order valence-corrected chi connectivity index (χ1v) is 8.31. The van der Waals surface area contributed by atoms with Gasteiger partial charge in [0.2, 0.25) is 5.91 Å². The average molecular weight is 333 g/mol. The molecule has 0 heterocycles. The lowest BCUT2D eigenvalue weighted by Crippen LogP contribution is -2.27. The van der Waals surface area contributed by atoms with Crippen LogP contribution in [0, 0.1) is 5.82 Å². The molecule has 3 aromatic carbocycles. The van der Waals surface area contributed by atoms with Crippen molar-refractivity contribution < 1.29 is 9.18 Å². The minimum absolute atomic E-state index is 0.115. The van der Waals surface area contributed by atoms with Gasteiger partial charge in [-0.2, -0.15) is 0 Å². The second-order valence-corrected chi connectivity index (χ2v) is 6.03. The van der Waals surface area contributed by atoms with Gasteiger partial charge in [0.05, 0.1) is 5.92 Å². The molecule has 0 saturated heterocycles. The summed E-state index contributed by atoms with van der Waals surface area (Å²) in [5.41, 5.74) is 3.07. The Bertz CT molecular complexity index is 846. The van der Waals surface area contributed by atoms with Crippen molar-refractivity contribution in [1.29, 1.82) is 0 Å². The van der Waals surface area contributed by atoms with E-state index in [1.807, 2.05) is 66.7 Å². The van der Waals surface area contributed by atoms with Gasteiger partial charge >= 0.3 is 0 Å². The molecule has 0 aliphatic carbocycles. The molecule has 0 aromatic heterocycles. The maximum absolute atomic E-state index is 14.5. The summed E-state index contributed by atoms with van der Waals surface area (Å²) in [6, 6.07) is 24.1. The molecule has 1 N–H and O–H groups in total. The van der Waals surface area contributed by atoms with Crippen LogP contribution < -0.4 is 5.32 Å². The maximum atomic E-state index is 14.5. The number of rotatable bonds is 5. The number of carbonyl (C=O) groups is 1. The number of halogens is 1. The van der Waals surface area contributed by atoms with E-state index in [2.05, 4.69) is 5.32 Å². The Morgan fingerprint density at radius 3 is 2.24 bits per heavy atom. The van der Waals surface area contributed by atoms with Gasteiger partial charge in [0, 0.05) is 12.1 Å². The van der Waals surface area contributed by atoms with Crippen molar-refractivity contribution in [2.24, 2.45) is 0 Å². The Labute approximate surface area is 147 Å². The standard InChI is InChI=1S/C22H20FNO/c1-16(22(25)24-15-17-8-4-2-5-9-17)19-12-13-20(21(23)14-19)18-10-6-3-7-11-18/h2-14,16H,15H2,1H3,(H,24,25)/t16-/m1/s1. The third-order valence-electron chi connectivity index (χ3n) is 4.28. The number of amides is 1. The predicted molar refractivity (Wildman–Crippen MR) is 98.5 cm³/mol. The highest BCUT2D eigenvalue weighted by atomic mass is 19.1. The van der Waals surface area contributed by atoms with E-state index in [4.69, 9.17) is 0 Å². The summed E-state index contributed by atoms with van der Waals surface area (Å²) in [7, 11) is 0. The van der Waals surface area contributed by atoms with E-state index < -0.39 is 5.92 Å². The Kier molecular flexibility index (Phi) is 5.24. The Balaban J connectivity index is 1.70. The van der Waals surface area contributed by atoms with E-state index in [1.54, 1.807) is 13.0 Å². The molecule has 0 aliphatic rings. The highest BCUT2D eigenvalue weighted by Crippen LogP contribution is 2.26. The lowest BCUT2D eigenvalue weighted by Gasteiger charge is -2.14. The molecule has 1 atom stereocenters. The summed E-state index contributed by atoms with van der Waals surface area (Å²) in [5, 5.41) is 2.90. The summed E-state index contributed by atoms with van der Waals surface area (Å²) in [6.07, 6.45) is 0. The number of hydrogen-bond donors (Lipinski definition) is 1. The predicted octanol–water partition coefficient (Wildman–Crippen LogP) is 4.91. The topological polar surface area (TPSA) is 29.1 Å². The van der Waals surface area contributed by atoms with Crippen molar-refractivity contribution in [3.8, 4) is 11.1 Å². The monoisotopic (exact) mass is 333 g/mol. The van der Waals surface area contributed by atoms with Gasteiger partial charge in [-0.1, -0.05) is 72.8 Å². The largest absolute Gasteiger partial charge is 0.352 e. The van der Waals surface area contributed by atoms with Crippen LogP contribution in [0.5, 0.6) is 0 Å². The normalized spacial score (nSPS) is 11.8. The first-order chi connectivity index (χ1) is 12.1. The number of benzene rings is 3. The molecule has 0 bridgehead atoms. The first-order valence-electron chi connectivity index (χ1n) is 8.31. The van der Waals surface area contributed by atoms with Gasteiger partial charge in [-0.25, -0.2) is 4.39 Å². The molecule has 1 amide bonds. The van der Waals surface area contributed by atoms with Gasteiger partial charge < -0.3 is 5.32 Å². The van der Waals surface area contributed by atoms with Gasteiger partial charge in [-0.15, -0.1) is 0 Å².